The van der Waals surface area contributed by atoms with E-state index in [2.05, 4.69) is 10.1 Å². The quantitative estimate of drug-likeness (QED) is 0.762. The Labute approximate surface area is 172 Å². The zero-order valence-corrected chi connectivity index (χ0v) is 16.4. The molecule has 0 radical (unpaired) electrons. The van der Waals surface area contributed by atoms with E-state index in [0.717, 1.165) is 0 Å². The first-order chi connectivity index (χ1) is 13.9. The average Bonchev–Trinajstić information content (AvgIpc) is 2.72. The van der Waals surface area contributed by atoms with Crippen molar-refractivity contribution < 1.29 is 23.1 Å². The molecular formula is C21H21ClF2N2O3. The summed E-state index contributed by atoms with van der Waals surface area (Å²) < 4.78 is 29.5. The molecule has 1 fully saturated rings. The van der Waals surface area contributed by atoms with Crippen molar-refractivity contribution in [1.82, 2.24) is 10.2 Å². The Morgan fingerprint density at radius 3 is 2.62 bits per heavy atom. The number of hydrogen-bond acceptors (Lipinski definition) is 3. The molecule has 8 heteroatoms. The molecule has 2 amide bonds. The largest absolute Gasteiger partial charge is 0.434 e. The van der Waals surface area contributed by atoms with Crippen molar-refractivity contribution in [2.45, 2.75) is 26.0 Å². The number of ether oxygens (including phenoxy) is 1. The summed E-state index contributed by atoms with van der Waals surface area (Å²) >= 11 is 5.86. The summed E-state index contributed by atoms with van der Waals surface area (Å²) in [4.78, 5) is 26.9. The number of benzene rings is 2. The minimum absolute atomic E-state index is 0.0333. The SMILES string of the molecule is O=C(NCc1ccccc1OC(F)F)C1CCCN(C(=O)c2ccc(Cl)cc2)C1. The summed E-state index contributed by atoms with van der Waals surface area (Å²) in [6.07, 6.45) is 1.37. The summed E-state index contributed by atoms with van der Waals surface area (Å²) in [5.41, 5.74) is 0.986. The van der Waals surface area contributed by atoms with Gasteiger partial charge in [-0.05, 0) is 43.2 Å². The lowest BCUT2D eigenvalue weighted by molar-refractivity contribution is -0.126. The minimum atomic E-state index is -2.93. The summed E-state index contributed by atoms with van der Waals surface area (Å²) in [5, 5.41) is 3.32. The van der Waals surface area contributed by atoms with Crippen molar-refractivity contribution >= 4 is 23.4 Å². The molecule has 1 unspecified atom stereocenters. The molecule has 154 valence electrons. The van der Waals surface area contributed by atoms with Crippen LogP contribution in [0.25, 0.3) is 0 Å². The fraction of sp³-hybridized carbons (Fsp3) is 0.333. The van der Waals surface area contributed by atoms with Crippen molar-refractivity contribution in [1.29, 1.82) is 0 Å². The smallest absolute Gasteiger partial charge is 0.387 e. The van der Waals surface area contributed by atoms with Gasteiger partial charge in [0.25, 0.3) is 5.91 Å². The van der Waals surface area contributed by atoms with Gasteiger partial charge in [0.1, 0.15) is 5.75 Å². The third-order valence-corrected chi connectivity index (χ3v) is 5.06. The molecule has 1 saturated heterocycles. The zero-order valence-electron chi connectivity index (χ0n) is 15.6. The molecule has 2 aromatic rings. The zero-order chi connectivity index (χ0) is 20.8. The molecule has 1 atom stereocenters. The van der Waals surface area contributed by atoms with Gasteiger partial charge in [-0.15, -0.1) is 0 Å². The van der Waals surface area contributed by atoms with Crippen LogP contribution in [0.2, 0.25) is 5.02 Å². The lowest BCUT2D eigenvalue weighted by Crippen LogP contribution is -2.45. The molecule has 0 aromatic heterocycles. The van der Waals surface area contributed by atoms with Crippen LogP contribution < -0.4 is 10.1 Å². The van der Waals surface area contributed by atoms with Crippen molar-refractivity contribution in [3.05, 3.63) is 64.7 Å². The molecule has 1 N–H and O–H groups in total. The van der Waals surface area contributed by atoms with Gasteiger partial charge in [0, 0.05) is 35.8 Å². The predicted octanol–water partition coefficient (Wildman–Crippen LogP) is 4.11. The predicted molar refractivity (Wildman–Crippen MR) is 105 cm³/mol. The van der Waals surface area contributed by atoms with Crippen LogP contribution in [0.5, 0.6) is 5.75 Å². The van der Waals surface area contributed by atoms with E-state index in [0.29, 0.717) is 42.1 Å². The van der Waals surface area contributed by atoms with Crippen LogP contribution in [0.3, 0.4) is 0 Å². The van der Waals surface area contributed by atoms with Crippen LogP contribution in [0, 0.1) is 5.92 Å². The van der Waals surface area contributed by atoms with Crippen molar-refractivity contribution in [3.63, 3.8) is 0 Å². The number of nitrogens with one attached hydrogen (secondary N) is 1. The van der Waals surface area contributed by atoms with E-state index in [-0.39, 0.29) is 30.0 Å². The molecule has 1 aliphatic heterocycles. The first-order valence-corrected chi connectivity index (χ1v) is 9.67. The number of rotatable bonds is 6. The lowest BCUT2D eigenvalue weighted by atomic mass is 9.96. The fourth-order valence-electron chi connectivity index (χ4n) is 3.34. The number of carbonyl (C=O) groups is 2. The summed E-state index contributed by atoms with van der Waals surface area (Å²) in [6, 6.07) is 13.0. The molecule has 0 saturated carbocycles. The van der Waals surface area contributed by atoms with Gasteiger partial charge >= 0.3 is 6.61 Å². The van der Waals surface area contributed by atoms with Gasteiger partial charge in [0.2, 0.25) is 5.91 Å². The molecule has 1 aliphatic rings. The number of alkyl halides is 2. The topological polar surface area (TPSA) is 58.6 Å². The van der Waals surface area contributed by atoms with Gasteiger partial charge in [0.05, 0.1) is 5.92 Å². The highest BCUT2D eigenvalue weighted by Crippen LogP contribution is 2.22. The van der Waals surface area contributed by atoms with Crippen molar-refractivity contribution in [2.75, 3.05) is 13.1 Å². The van der Waals surface area contributed by atoms with E-state index in [1.165, 1.54) is 6.07 Å². The van der Waals surface area contributed by atoms with E-state index in [4.69, 9.17) is 11.6 Å². The highest BCUT2D eigenvalue weighted by atomic mass is 35.5. The molecule has 29 heavy (non-hydrogen) atoms. The van der Waals surface area contributed by atoms with Crippen molar-refractivity contribution in [3.8, 4) is 5.75 Å². The number of carbonyl (C=O) groups excluding carboxylic acids is 2. The maximum Gasteiger partial charge on any atom is 0.387 e. The van der Waals surface area contributed by atoms with Crippen LogP contribution in [-0.2, 0) is 11.3 Å². The second kappa shape index (κ2) is 9.69. The maximum atomic E-state index is 12.7. The van der Waals surface area contributed by atoms with Crippen LogP contribution >= 0.6 is 11.6 Å². The number of halogens is 3. The Hall–Kier alpha value is -2.67. The van der Waals surface area contributed by atoms with E-state index in [1.54, 1.807) is 47.4 Å². The van der Waals surface area contributed by atoms with Gasteiger partial charge in [0.15, 0.2) is 0 Å². The first kappa shape index (κ1) is 21.0. The third-order valence-electron chi connectivity index (χ3n) is 4.81. The molecule has 0 bridgehead atoms. The fourth-order valence-corrected chi connectivity index (χ4v) is 3.46. The Balaban J connectivity index is 1.59. The van der Waals surface area contributed by atoms with Crippen LogP contribution in [0.1, 0.15) is 28.8 Å². The average molecular weight is 423 g/mol. The number of para-hydroxylation sites is 1. The van der Waals surface area contributed by atoms with Gasteiger partial charge in [-0.25, -0.2) is 0 Å². The number of piperidine rings is 1. The van der Waals surface area contributed by atoms with E-state index in [1.807, 2.05) is 0 Å². The third kappa shape index (κ3) is 5.67. The Bertz CT molecular complexity index is 861. The second-order valence-electron chi connectivity index (χ2n) is 6.80. The molecule has 1 heterocycles. The number of nitrogens with zero attached hydrogens (tertiary/aromatic N) is 1. The summed E-state index contributed by atoms with van der Waals surface area (Å²) in [7, 11) is 0. The second-order valence-corrected chi connectivity index (χ2v) is 7.24. The van der Waals surface area contributed by atoms with E-state index >= 15 is 0 Å². The standard InChI is InChI=1S/C21H21ClF2N2O3/c22-17-9-7-14(8-10-17)20(28)26-11-3-5-16(13-26)19(27)25-12-15-4-1-2-6-18(15)29-21(23)24/h1-2,4,6-10,16,21H,3,5,11-13H2,(H,25,27). The van der Waals surface area contributed by atoms with Crippen molar-refractivity contribution in [2.24, 2.45) is 5.92 Å². The number of hydrogen-bond donors (Lipinski definition) is 1. The molecule has 3 rings (SSSR count). The lowest BCUT2D eigenvalue weighted by Gasteiger charge is -2.32. The Morgan fingerprint density at radius 2 is 1.90 bits per heavy atom. The highest BCUT2D eigenvalue weighted by molar-refractivity contribution is 6.30. The van der Waals surface area contributed by atoms with Gasteiger partial charge < -0.3 is 15.0 Å². The summed E-state index contributed by atoms with van der Waals surface area (Å²) in [5.74, 6) is -0.686. The molecular weight excluding hydrogens is 402 g/mol. The number of amides is 2. The highest BCUT2D eigenvalue weighted by Gasteiger charge is 2.29. The van der Waals surface area contributed by atoms with Crippen LogP contribution in [0.15, 0.2) is 48.5 Å². The van der Waals surface area contributed by atoms with E-state index in [9.17, 15) is 18.4 Å². The van der Waals surface area contributed by atoms with E-state index < -0.39 is 6.61 Å². The normalized spacial score (nSPS) is 16.6. The Kier molecular flexibility index (Phi) is 7.04. The van der Waals surface area contributed by atoms with Crippen LogP contribution in [0.4, 0.5) is 8.78 Å². The minimum Gasteiger partial charge on any atom is -0.434 e. The maximum absolute atomic E-state index is 12.7. The Morgan fingerprint density at radius 1 is 1.17 bits per heavy atom. The molecule has 0 spiro atoms. The summed E-state index contributed by atoms with van der Waals surface area (Å²) in [6.45, 7) is -1.97. The molecule has 0 aliphatic carbocycles. The van der Waals surface area contributed by atoms with Gasteiger partial charge in [-0.3, -0.25) is 9.59 Å². The monoisotopic (exact) mass is 422 g/mol. The molecule has 2 aromatic carbocycles. The molecule has 5 nitrogen and oxygen atoms in total. The first-order valence-electron chi connectivity index (χ1n) is 9.29. The van der Waals surface area contributed by atoms with Crippen LogP contribution in [-0.4, -0.2) is 36.4 Å². The van der Waals surface area contributed by atoms with Gasteiger partial charge in [-0.2, -0.15) is 8.78 Å². The number of likely N-dealkylation sites (tertiary alicyclic amines) is 1. The van der Waals surface area contributed by atoms with Gasteiger partial charge in [-0.1, -0.05) is 29.8 Å².